The van der Waals surface area contributed by atoms with Gasteiger partial charge in [-0.15, -0.1) is 0 Å². The first-order valence-corrected chi connectivity index (χ1v) is 8.79. The van der Waals surface area contributed by atoms with Gasteiger partial charge in [-0.05, 0) is 11.1 Å². The minimum absolute atomic E-state index is 0.0656. The van der Waals surface area contributed by atoms with Gasteiger partial charge in [0.1, 0.15) is 4.99 Å². The van der Waals surface area contributed by atoms with E-state index in [2.05, 4.69) is 17.4 Å². The molecule has 0 amide bonds. The average molecular weight is 347 g/mol. The molecule has 0 radical (unpaired) electrons. The molecule has 0 spiro atoms. The Kier molecular flexibility index (Phi) is 5.94. The minimum Gasteiger partial charge on any atom is -0.388 e. The van der Waals surface area contributed by atoms with Gasteiger partial charge in [-0.25, -0.2) is 0 Å². The van der Waals surface area contributed by atoms with Gasteiger partial charge in [0.15, 0.2) is 0 Å². The van der Waals surface area contributed by atoms with Gasteiger partial charge in [-0.3, -0.25) is 0 Å². The highest BCUT2D eigenvalue weighted by Gasteiger charge is 2.19. The quantitative estimate of drug-likeness (QED) is 0.627. The van der Waals surface area contributed by atoms with Crippen LogP contribution in [0.5, 0.6) is 0 Å². The van der Waals surface area contributed by atoms with Gasteiger partial charge in [-0.2, -0.15) is 0 Å². The Hall–Kier alpha value is -2.49. The first-order valence-electron chi connectivity index (χ1n) is 8.38. The largest absolute Gasteiger partial charge is 0.388 e. The fourth-order valence-corrected chi connectivity index (χ4v) is 3.11. The SMILES string of the molecule is OC(CC(NC(=S)c1ccccc1)c1ccccc1)c1ccccc1. The number of hydrogen-bond acceptors (Lipinski definition) is 2. The van der Waals surface area contributed by atoms with Crippen molar-refractivity contribution in [2.24, 2.45) is 0 Å². The Bertz CT molecular complexity index is 790. The van der Waals surface area contributed by atoms with Crippen LogP contribution in [0.25, 0.3) is 0 Å². The second-order valence-electron chi connectivity index (χ2n) is 5.96. The molecule has 3 aromatic carbocycles. The van der Waals surface area contributed by atoms with E-state index < -0.39 is 6.10 Å². The molecule has 3 rings (SSSR count). The minimum atomic E-state index is -0.558. The smallest absolute Gasteiger partial charge is 0.107 e. The number of rotatable bonds is 6. The normalized spacial score (nSPS) is 13.0. The number of aliphatic hydroxyl groups is 1. The highest BCUT2D eigenvalue weighted by molar-refractivity contribution is 7.80. The zero-order chi connectivity index (χ0) is 17.5. The summed E-state index contributed by atoms with van der Waals surface area (Å²) in [6, 6.07) is 29.7. The third-order valence-corrected chi connectivity index (χ3v) is 4.54. The molecule has 3 aromatic rings. The second kappa shape index (κ2) is 8.56. The van der Waals surface area contributed by atoms with E-state index >= 15 is 0 Å². The number of nitrogens with one attached hydrogen (secondary N) is 1. The molecule has 3 heteroatoms. The first-order chi connectivity index (χ1) is 12.2. The Morgan fingerprint density at radius 2 is 1.24 bits per heavy atom. The van der Waals surface area contributed by atoms with E-state index in [1.807, 2.05) is 78.9 Å². The fraction of sp³-hybridized carbons (Fsp3) is 0.136. The number of hydrogen-bond donors (Lipinski definition) is 2. The molecule has 2 N–H and O–H groups in total. The summed E-state index contributed by atoms with van der Waals surface area (Å²) in [5.74, 6) is 0. The first kappa shape index (κ1) is 17.3. The van der Waals surface area contributed by atoms with Crippen molar-refractivity contribution in [1.29, 1.82) is 0 Å². The van der Waals surface area contributed by atoms with E-state index in [4.69, 9.17) is 12.2 Å². The van der Waals surface area contributed by atoms with Crippen LogP contribution in [0.1, 0.15) is 35.3 Å². The lowest BCUT2D eigenvalue weighted by molar-refractivity contribution is 0.155. The molecule has 0 bridgehead atoms. The van der Waals surface area contributed by atoms with Gasteiger partial charge < -0.3 is 10.4 Å². The van der Waals surface area contributed by atoms with Crippen molar-refractivity contribution in [3.05, 3.63) is 108 Å². The highest BCUT2D eigenvalue weighted by Crippen LogP contribution is 2.27. The highest BCUT2D eigenvalue weighted by atomic mass is 32.1. The molecule has 0 aliphatic carbocycles. The van der Waals surface area contributed by atoms with Crippen LogP contribution < -0.4 is 5.32 Å². The topological polar surface area (TPSA) is 32.3 Å². The summed E-state index contributed by atoms with van der Waals surface area (Å²) in [4.78, 5) is 0.690. The maximum absolute atomic E-state index is 10.7. The maximum atomic E-state index is 10.7. The predicted octanol–water partition coefficient (Wildman–Crippen LogP) is 4.82. The van der Waals surface area contributed by atoms with E-state index in [1.54, 1.807) is 0 Å². The molecule has 126 valence electrons. The molecule has 0 heterocycles. The zero-order valence-corrected chi connectivity index (χ0v) is 14.7. The average Bonchev–Trinajstić information content (AvgIpc) is 2.69. The van der Waals surface area contributed by atoms with E-state index in [-0.39, 0.29) is 6.04 Å². The van der Waals surface area contributed by atoms with Gasteiger partial charge in [0.05, 0.1) is 12.1 Å². The number of aliphatic hydroxyl groups excluding tert-OH is 1. The molecule has 0 aliphatic rings. The Balaban J connectivity index is 1.80. The Morgan fingerprint density at radius 3 is 1.80 bits per heavy atom. The van der Waals surface area contributed by atoms with Gasteiger partial charge in [0, 0.05) is 12.0 Å². The lowest BCUT2D eigenvalue weighted by Gasteiger charge is -2.24. The van der Waals surface area contributed by atoms with Gasteiger partial charge in [0.2, 0.25) is 0 Å². The number of benzene rings is 3. The van der Waals surface area contributed by atoms with Crippen molar-refractivity contribution >= 4 is 17.2 Å². The standard InChI is InChI=1S/C22H21NOS/c24-21(18-12-6-2-7-13-18)16-20(17-10-4-1-5-11-17)23-22(25)19-14-8-3-9-15-19/h1-15,20-21,24H,16H2,(H,23,25). The van der Waals surface area contributed by atoms with E-state index in [1.165, 1.54) is 0 Å². The van der Waals surface area contributed by atoms with E-state index in [0.717, 1.165) is 16.7 Å². The van der Waals surface area contributed by atoms with Gasteiger partial charge >= 0.3 is 0 Å². The van der Waals surface area contributed by atoms with E-state index in [9.17, 15) is 5.11 Å². The molecule has 0 saturated carbocycles. The van der Waals surface area contributed by atoms with Crippen molar-refractivity contribution in [1.82, 2.24) is 5.32 Å². The van der Waals surface area contributed by atoms with E-state index in [0.29, 0.717) is 11.4 Å². The molecule has 2 unspecified atom stereocenters. The molecule has 2 nitrogen and oxygen atoms in total. The second-order valence-corrected chi connectivity index (χ2v) is 6.37. The summed E-state index contributed by atoms with van der Waals surface area (Å²) in [5.41, 5.74) is 3.00. The monoisotopic (exact) mass is 347 g/mol. The molecule has 2 atom stereocenters. The molecule has 0 aliphatic heterocycles. The van der Waals surface area contributed by atoms with Crippen LogP contribution in [0.3, 0.4) is 0 Å². The summed E-state index contributed by atoms with van der Waals surface area (Å²) < 4.78 is 0. The van der Waals surface area contributed by atoms with Crippen LogP contribution in [0.4, 0.5) is 0 Å². The molecule has 0 fully saturated rings. The van der Waals surface area contributed by atoms with Crippen LogP contribution >= 0.6 is 12.2 Å². The lowest BCUT2D eigenvalue weighted by Crippen LogP contribution is -2.29. The molecule has 25 heavy (non-hydrogen) atoms. The van der Waals surface area contributed by atoms with Gasteiger partial charge in [-0.1, -0.05) is 103 Å². The van der Waals surface area contributed by atoms with Crippen LogP contribution in [-0.4, -0.2) is 10.1 Å². The number of thiocarbonyl (C=S) groups is 1. The summed E-state index contributed by atoms with van der Waals surface area (Å²) in [6.45, 7) is 0. The summed E-state index contributed by atoms with van der Waals surface area (Å²) >= 11 is 5.57. The summed E-state index contributed by atoms with van der Waals surface area (Å²) in [6.07, 6.45) is -0.0152. The van der Waals surface area contributed by atoms with Crippen molar-refractivity contribution in [2.45, 2.75) is 18.6 Å². The van der Waals surface area contributed by atoms with Crippen molar-refractivity contribution in [2.75, 3.05) is 0 Å². The van der Waals surface area contributed by atoms with Crippen LogP contribution in [0.15, 0.2) is 91.0 Å². The third kappa shape index (κ3) is 4.75. The zero-order valence-electron chi connectivity index (χ0n) is 13.9. The molecule has 0 aromatic heterocycles. The molecule has 0 saturated heterocycles. The van der Waals surface area contributed by atoms with Crippen molar-refractivity contribution < 1.29 is 5.11 Å². The van der Waals surface area contributed by atoms with Crippen LogP contribution in [-0.2, 0) is 0 Å². The summed E-state index contributed by atoms with van der Waals surface area (Å²) in [5, 5.41) is 14.1. The maximum Gasteiger partial charge on any atom is 0.107 e. The third-order valence-electron chi connectivity index (χ3n) is 4.19. The Labute approximate surface area is 154 Å². The molecular weight excluding hydrogens is 326 g/mol. The van der Waals surface area contributed by atoms with Gasteiger partial charge in [0.25, 0.3) is 0 Å². The fourth-order valence-electron chi connectivity index (χ4n) is 2.83. The Morgan fingerprint density at radius 1 is 0.760 bits per heavy atom. The van der Waals surface area contributed by atoms with Crippen molar-refractivity contribution in [3.63, 3.8) is 0 Å². The summed E-state index contributed by atoms with van der Waals surface area (Å²) in [7, 11) is 0. The van der Waals surface area contributed by atoms with Crippen LogP contribution in [0, 0.1) is 0 Å². The van der Waals surface area contributed by atoms with Crippen molar-refractivity contribution in [3.8, 4) is 0 Å². The van der Waals surface area contributed by atoms with Crippen LogP contribution in [0.2, 0.25) is 0 Å². The molecular formula is C22H21NOS. The lowest BCUT2D eigenvalue weighted by atomic mass is 9.96. The predicted molar refractivity (Wildman–Crippen MR) is 106 cm³/mol.